The normalized spacial score (nSPS) is 25.2. The fourth-order valence-corrected chi connectivity index (χ4v) is 1.50. The van der Waals surface area contributed by atoms with Crippen LogP contribution in [0.2, 0.25) is 0 Å². The highest BCUT2D eigenvalue weighted by Gasteiger charge is 2.38. The maximum absolute atomic E-state index is 11.6. The van der Waals surface area contributed by atoms with E-state index in [1.54, 1.807) is 6.92 Å². The van der Waals surface area contributed by atoms with Gasteiger partial charge in [-0.3, -0.25) is 4.79 Å². The molecule has 5 heteroatoms. The minimum absolute atomic E-state index is 0.206. The van der Waals surface area contributed by atoms with Crippen LogP contribution in [0.3, 0.4) is 0 Å². The van der Waals surface area contributed by atoms with Crippen LogP contribution in [0.4, 0.5) is 0 Å². The van der Waals surface area contributed by atoms with Crippen LogP contribution in [0.25, 0.3) is 0 Å². The first-order valence-corrected chi connectivity index (χ1v) is 5.14. The Morgan fingerprint density at radius 2 is 2.07 bits per heavy atom. The Morgan fingerprint density at radius 1 is 1.33 bits per heavy atom. The van der Waals surface area contributed by atoms with Crippen molar-refractivity contribution in [2.24, 2.45) is 5.92 Å². The lowest BCUT2D eigenvalue weighted by molar-refractivity contribution is -0.165. The fourth-order valence-electron chi connectivity index (χ4n) is 1.50. The third-order valence-corrected chi connectivity index (χ3v) is 2.18. The molecule has 0 aromatic carbocycles. The second kappa shape index (κ2) is 5.82. The Labute approximate surface area is 88.7 Å². The summed E-state index contributed by atoms with van der Waals surface area (Å²) in [4.78, 5) is 22.8. The summed E-state index contributed by atoms with van der Waals surface area (Å²) in [6.45, 7) is 4.58. The van der Waals surface area contributed by atoms with E-state index < -0.39 is 24.0 Å². The van der Waals surface area contributed by atoms with Gasteiger partial charge in [-0.25, -0.2) is 4.79 Å². The van der Waals surface area contributed by atoms with Gasteiger partial charge in [-0.15, -0.1) is 0 Å². The first-order chi connectivity index (χ1) is 7.20. The lowest BCUT2D eigenvalue weighted by Gasteiger charge is -2.15. The van der Waals surface area contributed by atoms with Gasteiger partial charge in [0, 0.05) is 6.61 Å². The molecule has 1 aliphatic heterocycles. The average Bonchev–Trinajstić information content (AvgIpc) is 2.66. The number of esters is 1. The minimum atomic E-state index is -0.794. The molecule has 1 saturated heterocycles. The van der Waals surface area contributed by atoms with Crippen molar-refractivity contribution in [3.63, 3.8) is 0 Å². The van der Waals surface area contributed by atoms with Gasteiger partial charge in [0.25, 0.3) is 0 Å². The molecule has 2 atom stereocenters. The van der Waals surface area contributed by atoms with Crippen LogP contribution < -0.4 is 0 Å². The van der Waals surface area contributed by atoms with E-state index >= 15 is 0 Å². The largest absolute Gasteiger partial charge is 0.460 e. The Bertz CT molecular complexity index is 238. The van der Waals surface area contributed by atoms with Crippen LogP contribution >= 0.6 is 0 Å². The predicted octanol–water partition coefficient (Wildman–Crippen LogP) is 0.518. The van der Waals surface area contributed by atoms with Gasteiger partial charge in [-0.2, -0.15) is 0 Å². The zero-order valence-corrected chi connectivity index (χ0v) is 9.02. The monoisotopic (exact) mass is 216 g/mol. The summed E-state index contributed by atoms with van der Waals surface area (Å²) in [6.07, 6.45) is -0.0746. The van der Waals surface area contributed by atoms with Crippen LogP contribution in [0.5, 0.6) is 0 Å². The average molecular weight is 216 g/mol. The van der Waals surface area contributed by atoms with Crippen molar-refractivity contribution in [3.05, 3.63) is 0 Å². The summed E-state index contributed by atoms with van der Waals surface area (Å²) in [5.41, 5.74) is 0. The van der Waals surface area contributed by atoms with Gasteiger partial charge < -0.3 is 14.2 Å². The SMILES string of the molecule is CCOC(=O)C(=O)[C@H]1CCO[C@H]1OCC. The summed E-state index contributed by atoms with van der Waals surface area (Å²) >= 11 is 0. The third kappa shape index (κ3) is 3.00. The van der Waals surface area contributed by atoms with Crippen molar-refractivity contribution < 1.29 is 23.8 Å². The summed E-state index contributed by atoms with van der Waals surface area (Å²) in [5, 5.41) is 0. The molecule has 0 N–H and O–H groups in total. The molecule has 1 rings (SSSR count). The first-order valence-electron chi connectivity index (χ1n) is 5.14. The van der Waals surface area contributed by atoms with E-state index in [-0.39, 0.29) is 6.61 Å². The van der Waals surface area contributed by atoms with Crippen LogP contribution in [0.1, 0.15) is 20.3 Å². The molecule has 86 valence electrons. The van der Waals surface area contributed by atoms with E-state index in [9.17, 15) is 9.59 Å². The maximum Gasteiger partial charge on any atom is 0.375 e. The number of hydrogen-bond acceptors (Lipinski definition) is 5. The quantitative estimate of drug-likeness (QED) is 0.495. The number of ketones is 1. The first kappa shape index (κ1) is 12.1. The molecule has 0 aromatic rings. The lowest BCUT2D eigenvalue weighted by atomic mass is 10.0. The number of rotatable bonds is 5. The Balaban J connectivity index is 2.54. The second-order valence-corrected chi connectivity index (χ2v) is 3.17. The van der Waals surface area contributed by atoms with E-state index in [1.807, 2.05) is 6.92 Å². The maximum atomic E-state index is 11.6. The van der Waals surface area contributed by atoms with E-state index in [2.05, 4.69) is 4.74 Å². The van der Waals surface area contributed by atoms with Gasteiger partial charge >= 0.3 is 5.97 Å². The predicted molar refractivity (Wildman–Crippen MR) is 51.1 cm³/mol. The molecule has 0 aromatic heterocycles. The van der Waals surface area contributed by atoms with Crippen LogP contribution in [0, 0.1) is 5.92 Å². The van der Waals surface area contributed by atoms with Crippen LogP contribution in [-0.2, 0) is 23.8 Å². The van der Waals surface area contributed by atoms with Crippen molar-refractivity contribution in [2.75, 3.05) is 19.8 Å². The molecule has 1 heterocycles. The van der Waals surface area contributed by atoms with Gasteiger partial charge in [0.2, 0.25) is 5.78 Å². The Kier molecular flexibility index (Phi) is 4.71. The highest BCUT2D eigenvalue weighted by atomic mass is 16.7. The Morgan fingerprint density at radius 3 is 2.67 bits per heavy atom. The number of carbonyl (C=O) groups is 2. The molecule has 0 spiro atoms. The van der Waals surface area contributed by atoms with E-state index in [0.717, 1.165) is 0 Å². The molecular formula is C10H16O5. The summed E-state index contributed by atoms with van der Waals surface area (Å²) in [5.74, 6) is -1.85. The molecule has 1 aliphatic rings. The zero-order chi connectivity index (χ0) is 11.3. The molecule has 0 radical (unpaired) electrons. The summed E-state index contributed by atoms with van der Waals surface area (Å²) in [7, 11) is 0. The molecule has 15 heavy (non-hydrogen) atoms. The van der Waals surface area contributed by atoms with Crippen LogP contribution in [-0.4, -0.2) is 37.9 Å². The number of Topliss-reactive ketones (excluding diaryl/α,β-unsaturated/α-hetero) is 1. The van der Waals surface area contributed by atoms with E-state index in [0.29, 0.717) is 19.6 Å². The molecule has 0 unspecified atom stereocenters. The van der Waals surface area contributed by atoms with Crippen molar-refractivity contribution in [2.45, 2.75) is 26.6 Å². The smallest absolute Gasteiger partial charge is 0.375 e. The lowest BCUT2D eigenvalue weighted by Crippen LogP contribution is -2.33. The van der Waals surface area contributed by atoms with Crippen molar-refractivity contribution in [3.8, 4) is 0 Å². The van der Waals surface area contributed by atoms with Crippen molar-refractivity contribution in [1.29, 1.82) is 0 Å². The van der Waals surface area contributed by atoms with Crippen molar-refractivity contribution >= 4 is 11.8 Å². The number of carbonyl (C=O) groups excluding carboxylic acids is 2. The van der Waals surface area contributed by atoms with Crippen LogP contribution in [0.15, 0.2) is 0 Å². The van der Waals surface area contributed by atoms with Gasteiger partial charge in [0.1, 0.15) is 0 Å². The summed E-state index contributed by atoms with van der Waals surface area (Å²) in [6, 6.07) is 0. The van der Waals surface area contributed by atoms with Crippen molar-refractivity contribution in [1.82, 2.24) is 0 Å². The topological polar surface area (TPSA) is 61.8 Å². The second-order valence-electron chi connectivity index (χ2n) is 3.17. The third-order valence-electron chi connectivity index (χ3n) is 2.18. The zero-order valence-electron chi connectivity index (χ0n) is 9.02. The summed E-state index contributed by atoms with van der Waals surface area (Å²) < 4.78 is 15.1. The molecule has 1 fully saturated rings. The highest BCUT2D eigenvalue weighted by molar-refractivity contribution is 6.34. The van der Waals surface area contributed by atoms with E-state index in [1.165, 1.54) is 0 Å². The standard InChI is InChI=1S/C10H16O5/c1-3-13-9(12)8(11)7-5-6-15-10(7)14-4-2/h7,10H,3-6H2,1-2H3/t7-,10-/m1/s1. The molecule has 0 bridgehead atoms. The Hall–Kier alpha value is -0.940. The molecule has 0 aliphatic carbocycles. The number of hydrogen-bond donors (Lipinski definition) is 0. The van der Waals surface area contributed by atoms with E-state index in [4.69, 9.17) is 9.47 Å². The molecule has 5 nitrogen and oxygen atoms in total. The van der Waals surface area contributed by atoms with Gasteiger partial charge in [-0.05, 0) is 20.3 Å². The molecule has 0 saturated carbocycles. The fraction of sp³-hybridized carbons (Fsp3) is 0.800. The van der Waals surface area contributed by atoms with Gasteiger partial charge in [0.15, 0.2) is 6.29 Å². The molecular weight excluding hydrogens is 200 g/mol. The van der Waals surface area contributed by atoms with Gasteiger partial charge in [0.05, 0.1) is 19.1 Å². The minimum Gasteiger partial charge on any atom is -0.460 e. The van der Waals surface area contributed by atoms with Gasteiger partial charge in [-0.1, -0.05) is 0 Å². The number of ether oxygens (including phenoxy) is 3. The highest BCUT2D eigenvalue weighted by Crippen LogP contribution is 2.23. The molecule has 0 amide bonds.